The molecule has 0 bridgehead atoms. The number of anilines is 1. The number of methoxy groups -OCH3 is 2. The highest BCUT2D eigenvalue weighted by Gasteiger charge is 2.47. The second kappa shape index (κ2) is 9.63. The number of carbonyl (C=O) groups is 2. The number of Topliss-reactive ketones (excluding diaryl/α,β-unsaturated/α-hetero) is 1. The number of ether oxygens (including phenoxy) is 3. The number of rotatable bonds is 8. The first-order chi connectivity index (χ1) is 17.5. The van der Waals surface area contributed by atoms with Crippen LogP contribution in [0, 0.1) is 0 Å². The normalized spacial score (nSPS) is 15.6. The van der Waals surface area contributed by atoms with E-state index in [1.54, 1.807) is 35.7 Å². The standard InChI is InChI=1S/C26H22N2O6S2/c1-4-34-14-10-11-16-19(13-14)36-26(27-16)28-21(15-7-5-8-17(32-2)24(15)33-3)20(23(30)25(28)31)22(29)18-9-6-12-35-18/h5-13,21,30H,4H2,1-3H3. The average Bonchev–Trinajstić information content (AvgIpc) is 3.62. The van der Waals surface area contributed by atoms with Crippen molar-refractivity contribution in [1.29, 1.82) is 0 Å². The van der Waals surface area contributed by atoms with Gasteiger partial charge in [0.2, 0.25) is 5.78 Å². The van der Waals surface area contributed by atoms with E-state index in [9.17, 15) is 14.7 Å². The minimum atomic E-state index is -0.982. The molecule has 1 unspecified atom stereocenters. The van der Waals surface area contributed by atoms with E-state index in [1.165, 1.54) is 41.8 Å². The number of fused-ring (bicyclic) bond motifs is 1. The fraction of sp³-hybridized carbons (Fsp3) is 0.192. The number of aliphatic hydroxyl groups is 1. The summed E-state index contributed by atoms with van der Waals surface area (Å²) in [5, 5.41) is 13.1. The maximum atomic E-state index is 13.6. The van der Waals surface area contributed by atoms with Gasteiger partial charge in [0.25, 0.3) is 5.91 Å². The minimum absolute atomic E-state index is 0.0386. The van der Waals surface area contributed by atoms with Crippen molar-refractivity contribution in [1.82, 2.24) is 4.98 Å². The van der Waals surface area contributed by atoms with E-state index in [-0.39, 0.29) is 5.57 Å². The molecule has 0 saturated heterocycles. The number of hydrogen-bond donors (Lipinski definition) is 1. The van der Waals surface area contributed by atoms with E-state index in [1.807, 2.05) is 25.1 Å². The van der Waals surface area contributed by atoms with Crippen LogP contribution in [-0.4, -0.2) is 42.6 Å². The Bertz CT molecular complexity index is 1490. The number of hydrogen-bond acceptors (Lipinski definition) is 9. The Kier molecular flexibility index (Phi) is 6.38. The molecule has 2 aromatic heterocycles. The maximum absolute atomic E-state index is 13.6. The third kappa shape index (κ3) is 3.88. The lowest BCUT2D eigenvalue weighted by Gasteiger charge is -2.26. The fourth-order valence-electron chi connectivity index (χ4n) is 4.25. The van der Waals surface area contributed by atoms with Gasteiger partial charge < -0.3 is 19.3 Å². The van der Waals surface area contributed by atoms with Crippen molar-refractivity contribution in [3.8, 4) is 17.2 Å². The van der Waals surface area contributed by atoms with Crippen molar-refractivity contribution in [3.63, 3.8) is 0 Å². The van der Waals surface area contributed by atoms with Crippen molar-refractivity contribution >= 4 is 49.7 Å². The summed E-state index contributed by atoms with van der Waals surface area (Å²) < 4.78 is 17.5. The number of aromatic nitrogens is 1. The van der Waals surface area contributed by atoms with Gasteiger partial charge in [-0.25, -0.2) is 4.98 Å². The molecule has 5 rings (SSSR count). The number of nitrogens with zero attached hydrogens (tertiary/aromatic N) is 2. The lowest BCUT2D eigenvalue weighted by Crippen LogP contribution is -2.31. The second-order valence-electron chi connectivity index (χ2n) is 7.79. The SMILES string of the molecule is CCOc1ccc2nc(N3C(=O)C(O)=C(C(=O)c4cccs4)C3c3cccc(OC)c3OC)sc2c1. The van der Waals surface area contributed by atoms with Gasteiger partial charge >= 0.3 is 0 Å². The summed E-state index contributed by atoms with van der Waals surface area (Å²) in [6.07, 6.45) is 0. The molecule has 1 amide bonds. The number of benzene rings is 2. The lowest BCUT2D eigenvalue weighted by atomic mass is 9.94. The van der Waals surface area contributed by atoms with Gasteiger partial charge in [0, 0.05) is 5.56 Å². The first kappa shape index (κ1) is 23.8. The molecule has 0 fully saturated rings. The number of carbonyl (C=O) groups excluding carboxylic acids is 2. The van der Waals surface area contributed by atoms with Crippen LogP contribution in [0.5, 0.6) is 17.2 Å². The number of thiazole rings is 1. The molecule has 0 aliphatic carbocycles. The first-order valence-corrected chi connectivity index (χ1v) is 12.8. The molecule has 184 valence electrons. The Labute approximate surface area is 215 Å². The van der Waals surface area contributed by atoms with Gasteiger partial charge in [-0.05, 0) is 42.6 Å². The highest BCUT2D eigenvalue weighted by molar-refractivity contribution is 7.22. The van der Waals surface area contributed by atoms with Crippen LogP contribution >= 0.6 is 22.7 Å². The zero-order valence-corrected chi connectivity index (χ0v) is 21.3. The number of aliphatic hydroxyl groups excluding tert-OH is 1. The summed E-state index contributed by atoms with van der Waals surface area (Å²) in [5.41, 5.74) is 1.12. The summed E-state index contributed by atoms with van der Waals surface area (Å²) in [6.45, 7) is 2.42. The molecule has 4 aromatic rings. The number of thiophene rings is 1. The summed E-state index contributed by atoms with van der Waals surface area (Å²) in [6, 6.07) is 13.1. The highest BCUT2D eigenvalue weighted by Crippen LogP contribution is 2.48. The Morgan fingerprint density at radius 3 is 2.67 bits per heavy atom. The summed E-state index contributed by atoms with van der Waals surface area (Å²) in [5.74, 6) is -0.288. The zero-order chi connectivity index (χ0) is 25.4. The Hall–Kier alpha value is -3.89. The van der Waals surface area contributed by atoms with Crippen molar-refractivity contribution < 1.29 is 28.9 Å². The second-order valence-corrected chi connectivity index (χ2v) is 9.74. The molecule has 1 aliphatic heterocycles. The lowest BCUT2D eigenvalue weighted by molar-refractivity contribution is -0.117. The molecule has 0 saturated carbocycles. The van der Waals surface area contributed by atoms with E-state index in [2.05, 4.69) is 4.98 Å². The molecule has 1 atom stereocenters. The third-order valence-electron chi connectivity index (χ3n) is 5.79. The molecular formula is C26H22N2O6S2. The van der Waals surface area contributed by atoms with Crippen LogP contribution in [0.4, 0.5) is 5.13 Å². The van der Waals surface area contributed by atoms with Gasteiger partial charge in [-0.1, -0.05) is 29.5 Å². The quantitative estimate of drug-likeness (QED) is 0.303. The van der Waals surface area contributed by atoms with Crippen LogP contribution in [0.25, 0.3) is 10.2 Å². The third-order valence-corrected chi connectivity index (χ3v) is 7.68. The van der Waals surface area contributed by atoms with Crippen LogP contribution in [0.3, 0.4) is 0 Å². The fourth-order valence-corrected chi connectivity index (χ4v) is 5.95. The molecule has 10 heteroatoms. The van der Waals surface area contributed by atoms with Crippen LogP contribution in [0.2, 0.25) is 0 Å². The van der Waals surface area contributed by atoms with Crippen LogP contribution in [0.15, 0.2) is 65.2 Å². The molecule has 2 aromatic carbocycles. The monoisotopic (exact) mass is 522 g/mol. The van der Waals surface area contributed by atoms with Crippen LogP contribution in [-0.2, 0) is 4.79 Å². The number of para-hydroxylation sites is 1. The van der Waals surface area contributed by atoms with Gasteiger partial charge in [0.05, 0.1) is 41.5 Å². The Morgan fingerprint density at radius 1 is 1.14 bits per heavy atom. The number of amides is 1. The smallest absolute Gasteiger partial charge is 0.296 e. The van der Waals surface area contributed by atoms with E-state index >= 15 is 0 Å². The van der Waals surface area contributed by atoms with E-state index in [0.717, 1.165) is 4.70 Å². The molecule has 0 spiro atoms. The molecule has 36 heavy (non-hydrogen) atoms. The predicted octanol–water partition coefficient (Wildman–Crippen LogP) is 5.56. The molecule has 8 nitrogen and oxygen atoms in total. The highest BCUT2D eigenvalue weighted by atomic mass is 32.1. The van der Waals surface area contributed by atoms with Gasteiger partial charge in [-0.2, -0.15) is 0 Å². The van der Waals surface area contributed by atoms with E-state index in [4.69, 9.17) is 14.2 Å². The van der Waals surface area contributed by atoms with Crippen molar-refractivity contribution in [2.45, 2.75) is 13.0 Å². The van der Waals surface area contributed by atoms with Gasteiger partial charge in [0.15, 0.2) is 22.4 Å². The zero-order valence-electron chi connectivity index (χ0n) is 19.7. The van der Waals surface area contributed by atoms with Gasteiger partial charge in [-0.3, -0.25) is 14.5 Å². The summed E-state index contributed by atoms with van der Waals surface area (Å²) >= 11 is 2.50. The number of ketones is 1. The van der Waals surface area contributed by atoms with E-state index < -0.39 is 23.5 Å². The Morgan fingerprint density at radius 2 is 1.97 bits per heavy atom. The molecule has 0 radical (unpaired) electrons. The molecule has 1 N–H and O–H groups in total. The maximum Gasteiger partial charge on any atom is 0.296 e. The molecule has 1 aliphatic rings. The van der Waals surface area contributed by atoms with Gasteiger partial charge in [0.1, 0.15) is 11.8 Å². The molecule has 3 heterocycles. The van der Waals surface area contributed by atoms with Crippen molar-refractivity contribution in [3.05, 3.63) is 75.7 Å². The molecular weight excluding hydrogens is 500 g/mol. The van der Waals surface area contributed by atoms with E-state index in [0.29, 0.717) is 44.9 Å². The van der Waals surface area contributed by atoms with Crippen molar-refractivity contribution in [2.75, 3.05) is 25.7 Å². The largest absolute Gasteiger partial charge is 0.503 e. The van der Waals surface area contributed by atoms with Gasteiger partial charge in [-0.15, -0.1) is 11.3 Å². The summed E-state index contributed by atoms with van der Waals surface area (Å²) in [7, 11) is 2.99. The topological polar surface area (TPSA) is 98.2 Å². The Balaban J connectivity index is 1.70. The van der Waals surface area contributed by atoms with Crippen LogP contribution in [0.1, 0.15) is 28.2 Å². The summed E-state index contributed by atoms with van der Waals surface area (Å²) in [4.78, 5) is 33.5. The predicted molar refractivity (Wildman–Crippen MR) is 139 cm³/mol. The average molecular weight is 523 g/mol. The van der Waals surface area contributed by atoms with Crippen molar-refractivity contribution in [2.24, 2.45) is 0 Å². The first-order valence-electron chi connectivity index (χ1n) is 11.1. The van der Waals surface area contributed by atoms with Crippen LogP contribution < -0.4 is 19.1 Å². The minimum Gasteiger partial charge on any atom is -0.503 e.